The number of hydrogen-bond acceptors (Lipinski definition) is 3. The third kappa shape index (κ3) is 4.69. The summed E-state index contributed by atoms with van der Waals surface area (Å²) in [6, 6.07) is 4.76. The zero-order valence-corrected chi connectivity index (χ0v) is 13.0. The van der Waals surface area contributed by atoms with Crippen LogP contribution in [0.3, 0.4) is 0 Å². The Bertz CT molecular complexity index is 586. The number of alkyl halides is 3. The summed E-state index contributed by atoms with van der Waals surface area (Å²) in [6.07, 6.45) is -4.57. The van der Waals surface area contributed by atoms with Gasteiger partial charge in [0.15, 0.2) is 0 Å². The quantitative estimate of drug-likeness (QED) is 0.873. The van der Waals surface area contributed by atoms with E-state index in [9.17, 15) is 21.6 Å². The second kappa shape index (κ2) is 6.76. The molecule has 0 aromatic heterocycles. The first kappa shape index (κ1) is 17.9. The summed E-state index contributed by atoms with van der Waals surface area (Å²) >= 11 is 0. The van der Waals surface area contributed by atoms with Crippen LogP contribution in [0.15, 0.2) is 23.1 Å². The van der Waals surface area contributed by atoms with Crippen molar-refractivity contribution in [3.8, 4) is 0 Å². The number of hydrogen-bond donors (Lipinski definition) is 1. The van der Waals surface area contributed by atoms with Crippen molar-refractivity contribution in [2.24, 2.45) is 0 Å². The number of sulfonamides is 1. The molecule has 0 spiro atoms. The van der Waals surface area contributed by atoms with Crippen LogP contribution >= 0.6 is 0 Å². The fraction of sp³-hybridized carbons (Fsp3) is 0.538. The van der Waals surface area contributed by atoms with Crippen LogP contribution in [0.2, 0.25) is 0 Å². The van der Waals surface area contributed by atoms with Crippen LogP contribution in [0.1, 0.15) is 18.1 Å². The van der Waals surface area contributed by atoms with Gasteiger partial charge < -0.3 is 5.32 Å². The van der Waals surface area contributed by atoms with Gasteiger partial charge in [-0.15, -0.1) is 0 Å². The van der Waals surface area contributed by atoms with Crippen molar-refractivity contribution in [2.75, 3.05) is 20.1 Å². The monoisotopic (exact) mass is 324 g/mol. The van der Waals surface area contributed by atoms with Gasteiger partial charge in [-0.3, -0.25) is 0 Å². The Balaban J connectivity index is 3.25. The minimum Gasteiger partial charge on any atom is -0.316 e. The SMILES string of the molecule is CCN(CC(F)(F)F)S(=O)(=O)c1cc(CNC)ccc1C. The first-order chi connectivity index (χ1) is 9.61. The van der Waals surface area contributed by atoms with Crippen LogP contribution in [0.5, 0.6) is 0 Å². The van der Waals surface area contributed by atoms with E-state index < -0.39 is 22.7 Å². The maximum atomic E-state index is 12.5. The lowest BCUT2D eigenvalue weighted by Gasteiger charge is -2.23. The van der Waals surface area contributed by atoms with E-state index in [-0.39, 0.29) is 11.4 Å². The molecule has 0 amide bonds. The number of aryl methyl sites for hydroxylation is 1. The minimum atomic E-state index is -4.57. The molecule has 1 aromatic carbocycles. The lowest BCUT2D eigenvalue weighted by molar-refractivity contribution is -0.135. The molecule has 0 saturated carbocycles. The molecule has 1 N–H and O–H groups in total. The Hall–Kier alpha value is -1.12. The van der Waals surface area contributed by atoms with E-state index in [0.29, 0.717) is 22.0 Å². The second-order valence-electron chi connectivity index (χ2n) is 4.68. The third-order valence-corrected chi connectivity index (χ3v) is 5.02. The fourth-order valence-corrected chi connectivity index (χ4v) is 3.65. The van der Waals surface area contributed by atoms with Crippen molar-refractivity contribution < 1.29 is 21.6 Å². The van der Waals surface area contributed by atoms with Gasteiger partial charge in [-0.05, 0) is 31.2 Å². The normalized spacial score (nSPS) is 12.9. The Labute approximate surface area is 123 Å². The van der Waals surface area contributed by atoms with Crippen LogP contribution in [-0.4, -0.2) is 39.0 Å². The average Bonchev–Trinajstić information content (AvgIpc) is 2.37. The molecule has 0 aliphatic rings. The highest BCUT2D eigenvalue weighted by molar-refractivity contribution is 7.89. The first-order valence-corrected chi connectivity index (χ1v) is 7.87. The van der Waals surface area contributed by atoms with Gasteiger partial charge in [-0.2, -0.15) is 17.5 Å². The molecule has 1 aromatic rings. The molecular formula is C13H19F3N2O2S. The third-order valence-electron chi connectivity index (χ3n) is 2.96. The highest BCUT2D eigenvalue weighted by Crippen LogP contribution is 2.25. The van der Waals surface area contributed by atoms with Gasteiger partial charge in [0.1, 0.15) is 6.54 Å². The number of nitrogens with one attached hydrogen (secondary N) is 1. The summed E-state index contributed by atoms with van der Waals surface area (Å²) in [4.78, 5) is -0.0821. The van der Waals surface area contributed by atoms with Gasteiger partial charge in [-0.1, -0.05) is 19.1 Å². The fourth-order valence-electron chi connectivity index (χ4n) is 1.94. The van der Waals surface area contributed by atoms with Crippen LogP contribution in [0, 0.1) is 6.92 Å². The summed E-state index contributed by atoms with van der Waals surface area (Å²) in [5, 5.41) is 2.88. The van der Waals surface area contributed by atoms with Crippen molar-refractivity contribution in [1.29, 1.82) is 0 Å². The average molecular weight is 324 g/mol. The zero-order chi connectivity index (χ0) is 16.3. The molecule has 0 unspecified atom stereocenters. The standard InChI is InChI=1S/C13H19F3N2O2S/c1-4-18(9-13(14,15)16)21(19,20)12-7-11(8-17-3)6-5-10(12)2/h5-7,17H,4,8-9H2,1-3H3. The van der Waals surface area contributed by atoms with Gasteiger partial charge in [0.2, 0.25) is 10.0 Å². The molecule has 0 atom stereocenters. The lowest BCUT2D eigenvalue weighted by Crippen LogP contribution is -2.39. The van der Waals surface area contributed by atoms with Gasteiger partial charge in [0, 0.05) is 13.1 Å². The van der Waals surface area contributed by atoms with Crippen LogP contribution in [-0.2, 0) is 16.6 Å². The van der Waals surface area contributed by atoms with Crippen LogP contribution in [0.4, 0.5) is 13.2 Å². The van der Waals surface area contributed by atoms with Crippen LogP contribution < -0.4 is 5.32 Å². The molecule has 0 aliphatic heterocycles. The molecule has 0 fully saturated rings. The predicted molar refractivity (Wildman–Crippen MR) is 74.4 cm³/mol. The highest BCUT2D eigenvalue weighted by Gasteiger charge is 2.36. The van der Waals surface area contributed by atoms with Gasteiger partial charge in [-0.25, -0.2) is 8.42 Å². The summed E-state index contributed by atoms with van der Waals surface area (Å²) in [6.45, 7) is 1.67. The highest BCUT2D eigenvalue weighted by atomic mass is 32.2. The summed E-state index contributed by atoms with van der Waals surface area (Å²) < 4.78 is 62.9. The van der Waals surface area contributed by atoms with Crippen molar-refractivity contribution in [1.82, 2.24) is 9.62 Å². The molecule has 0 heterocycles. The zero-order valence-electron chi connectivity index (χ0n) is 12.2. The number of nitrogens with zero attached hydrogens (tertiary/aromatic N) is 1. The topological polar surface area (TPSA) is 49.4 Å². The number of halogens is 3. The Morgan fingerprint density at radius 3 is 2.38 bits per heavy atom. The van der Waals surface area contributed by atoms with E-state index in [2.05, 4.69) is 5.32 Å². The number of benzene rings is 1. The molecule has 8 heteroatoms. The van der Waals surface area contributed by atoms with Gasteiger partial charge in [0.05, 0.1) is 4.90 Å². The summed E-state index contributed by atoms with van der Waals surface area (Å²) in [5.41, 5.74) is 1.13. The van der Waals surface area contributed by atoms with E-state index in [4.69, 9.17) is 0 Å². The molecule has 0 radical (unpaired) electrons. The van der Waals surface area contributed by atoms with Crippen molar-refractivity contribution in [2.45, 2.75) is 31.5 Å². The largest absolute Gasteiger partial charge is 0.402 e. The smallest absolute Gasteiger partial charge is 0.316 e. The van der Waals surface area contributed by atoms with E-state index in [1.165, 1.54) is 13.0 Å². The molecule has 21 heavy (non-hydrogen) atoms. The first-order valence-electron chi connectivity index (χ1n) is 6.43. The Kier molecular flexibility index (Phi) is 5.77. The van der Waals surface area contributed by atoms with E-state index in [1.54, 1.807) is 26.1 Å². The molecule has 120 valence electrons. The van der Waals surface area contributed by atoms with Crippen LogP contribution in [0.25, 0.3) is 0 Å². The molecule has 4 nitrogen and oxygen atoms in total. The van der Waals surface area contributed by atoms with E-state index >= 15 is 0 Å². The molecule has 1 rings (SSSR count). The van der Waals surface area contributed by atoms with Gasteiger partial charge >= 0.3 is 6.18 Å². The Morgan fingerprint density at radius 1 is 1.29 bits per heavy atom. The Morgan fingerprint density at radius 2 is 1.90 bits per heavy atom. The summed E-state index contributed by atoms with van der Waals surface area (Å²) in [5.74, 6) is 0. The van der Waals surface area contributed by atoms with Gasteiger partial charge in [0.25, 0.3) is 0 Å². The summed E-state index contributed by atoms with van der Waals surface area (Å²) in [7, 11) is -2.47. The second-order valence-corrected chi connectivity index (χ2v) is 6.58. The lowest BCUT2D eigenvalue weighted by atomic mass is 10.1. The number of rotatable bonds is 6. The minimum absolute atomic E-state index is 0.0821. The maximum Gasteiger partial charge on any atom is 0.402 e. The maximum absolute atomic E-state index is 12.5. The molecular weight excluding hydrogens is 305 g/mol. The molecule has 0 aliphatic carbocycles. The van der Waals surface area contributed by atoms with E-state index in [1.807, 2.05) is 0 Å². The van der Waals surface area contributed by atoms with E-state index in [0.717, 1.165) is 0 Å². The van der Waals surface area contributed by atoms with Crippen molar-refractivity contribution in [3.63, 3.8) is 0 Å². The molecule has 0 saturated heterocycles. The molecule has 0 bridgehead atoms. The van der Waals surface area contributed by atoms with Crippen molar-refractivity contribution >= 4 is 10.0 Å². The van der Waals surface area contributed by atoms with Crippen molar-refractivity contribution in [3.05, 3.63) is 29.3 Å². The predicted octanol–water partition coefficient (Wildman–Crippen LogP) is 2.29.